The summed E-state index contributed by atoms with van der Waals surface area (Å²) < 4.78 is 7.37. The van der Waals surface area contributed by atoms with Gasteiger partial charge in [0.2, 0.25) is 0 Å². The van der Waals surface area contributed by atoms with Gasteiger partial charge in [-0.05, 0) is 154 Å². The second-order valence-electron chi connectivity index (χ2n) is 22.7. The van der Waals surface area contributed by atoms with Crippen LogP contribution in [0, 0.1) is 0 Å². The lowest BCUT2D eigenvalue weighted by Crippen LogP contribution is -1.95. The van der Waals surface area contributed by atoms with Gasteiger partial charge in [-0.25, -0.2) is 0 Å². The van der Waals surface area contributed by atoms with Crippen LogP contribution >= 0.6 is 11.3 Å². The van der Waals surface area contributed by atoms with Crippen LogP contribution in [0.15, 0.2) is 310 Å². The van der Waals surface area contributed by atoms with Gasteiger partial charge in [-0.3, -0.25) is 19.9 Å². The van der Waals surface area contributed by atoms with Crippen LogP contribution in [-0.4, -0.2) is 29.1 Å². The van der Waals surface area contributed by atoms with Crippen molar-refractivity contribution >= 4 is 75.1 Å². The van der Waals surface area contributed by atoms with E-state index in [2.05, 4.69) is 270 Å². The predicted molar refractivity (Wildman–Crippen MR) is 367 cm³/mol. The highest BCUT2D eigenvalue weighted by Crippen LogP contribution is 2.44. The molecule has 0 radical (unpaired) electrons. The van der Waals surface area contributed by atoms with Crippen molar-refractivity contribution in [2.24, 2.45) is 0 Å². The Morgan fingerprint density at radius 3 is 0.943 bits per heavy atom. The van der Waals surface area contributed by atoms with E-state index in [4.69, 9.17) is 19.9 Å². The number of pyridine rings is 4. The van der Waals surface area contributed by atoms with E-state index in [0.717, 1.165) is 128 Å². The molecule has 0 spiro atoms. The summed E-state index contributed by atoms with van der Waals surface area (Å²) in [6, 6.07) is 82.1. The molecule has 0 aliphatic heterocycles. The third kappa shape index (κ3) is 9.03. The molecule has 0 atom stereocenters. The van der Waals surface area contributed by atoms with Gasteiger partial charge in [0, 0.05) is 148 Å². The Kier molecular flexibility index (Phi) is 12.4. The maximum atomic E-state index is 4.80. The lowest BCUT2D eigenvalue weighted by atomic mass is 9.96. The third-order valence-electron chi connectivity index (χ3n) is 17.5. The first-order valence-electron chi connectivity index (χ1n) is 29.7. The molecule has 0 saturated heterocycles. The fourth-order valence-corrected chi connectivity index (χ4v) is 14.2. The highest BCUT2D eigenvalue weighted by molar-refractivity contribution is 7.25. The van der Waals surface area contributed by atoms with Crippen molar-refractivity contribution in [1.29, 1.82) is 0 Å². The van der Waals surface area contributed by atoms with Crippen LogP contribution in [0.2, 0.25) is 0 Å². The lowest BCUT2D eigenvalue weighted by Gasteiger charge is -2.11. The van der Waals surface area contributed by atoms with Gasteiger partial charge in [0.15, 0.2) is 0 Å². The molecular formula is C81H52N6S. The molecule has 88 heavy (non-hydrogen) atoms. The molecule has 0 saturated carbocycles. The summed E-state index contributed by atoms with van der Waals surface area (Å²) in [7, 11) is 0. The van der Waals surface area contributed by atoms with Gasteiger partial charge in [0.05, 0.1) is 22.1 Å². The fourth-order valence-electron chi connectivity index (χ4n) is 13.1. The standard InChI is InChI=1S/C81H52N6S/c1-2-7-15-52(14-6-1)60-34-64(48-82-44-60)56-22-28-76-70(38-56)71-39-57(65-35-61(45-83-49-65)53-16-8-3-9-17-53)23-29-77(71)86(76)68-26-32-80-74(42-68)75-43-69(27-33-81(75)88-80)87-78-30-24-58(66-36-62(46-84-50-66)54-18-10-4-11-19-54)40-72(78)73-41-59(25-31-79(73)87)67-37-63(47-85-51-67)55-20-12-5-13-21-55/h1-52H. The summed E-state index contributed by atoms with van der Waals surface area (Å²) in [6.07, 6.45) is 28.6. The Morgan fingerprint density at radius 1 is 0.250 bits per heavy atom. The zero-order chi connectivity index (χ0) is 58.1. The number of nitrogens with zero attached hydrogens (tertiary/aromatic N) is 6. The maximum Gasteiger partial charge on any atom is 0.0541 e. The lowest BCUT2D eigenvalue weighted by molar-refractivity contribution is 1.06. The van der Waals surface area contributed by atoms with Crippen molar-refractivity contribution in [2.75, 3.05) is 0 Å². The van der Waals surface area contributed by atoms with E-state index in [1.54, 1.807) is 0 Å². The number of hydrogen-bond donors (Lipinski definition) is 0. The van der Waals surface area contributed by atoms with Crippen LogP contribution in [0.5, 0.6) is 0 Å². The highest BCUT2D eigenvalue weighted by Gasteiger charge is 2.21. The Hall–Kier alpha value is -11.4. The van der Waals surface area contributed by atoms with Gasteiger partial charge in [-0.15, -0.1) is 11.3 Å². The van der Waals surface area contributed by atoms with Gasteiger partial charge in [0.1, 0.15) is 0 Å². The minimum Gasteiger partial charge on any atom is -0.309 e. The molecule has 17 rings (SSSR count). The summed E-state index contributed by atoms with van der Waals surface area (Å²) >= 11 is 1.84. The molecule has 1 aliphatic carbocycles. The number of thiophene rings is 1. The summed E-state index contributed by atoms with van der Waals surface area (Å²) in [6.45, 7) is 0. The normalized spacial score (nSPS) is 12.6. The molecule has 412 valence electrons. The smallest absolute Gasteiger partial charge is 0.0541 e. The van der Waals surface area contributed by atoms with Crippen molar-refractivity contribution in [2.45, 2.75) is 5.92 Å². The van der Waals surface area contributed by atoms with Crippen LogP contribution in [0.3, 0.4) is 0 Å². The molecule has 7 heterocycles. The van der Waals surface area contributed by atoms with Crippen LogP contribution in [0.1, 0.15) is 11.5 Å². The Bertz CT molecular complexity index is 5360. The van der Waals surface area contributed by atoms with Gasteiger partial charge < -0.3 is 9.13 Å². The number of hydrogen-bond acceptors (Lipinski definition) is 5. The summed E-state index contributed by atoms with van der Waals surface area (Å²) in [5, 5.41) is 7.09. The largest absolute Gasteiger partial charge is 0.309 e. The highest BCUT2D eigenvalue weighted by atomic mass is 32.1. The molecule has 7 heteroatoms. The molecule has 0 N–H and O–H groups in total. The fraction of sp³-hybridized carbons (Fsp3) is 0.0123. The van der Waals surface area contributed by atoms with E-state index in [-0.39, 0.29) is 5.92 Å². The average Bonchev–Trinajstić information content (AvgIpc) is 2.38. The molecule has 7 aromatic heterocycles. The van der Waals surface area contributed by atoms with E-state index in [0.29, 0.717) is 0 Å². The molecule has 1 aliphatic rings. The summed E-state index contributed by atoms with van der Waals surface area (Å²) in [4.78, 5) is 19.1. The van der Waals surface area contributed by atoms with Crippen LogP contribution in [0.4, 0.5) is 0 Å². The van der Waals surface area contributed by atoms with Gasteiger partial charge in [-0.1, -0.05) is 152 Å². The van der Waals surface area contributed by atoms with Gasteiger partial charge >= 0.3 is 0 Å². The zero-order valence-corrected chi connectivity index (χ0v) is 48.4. The van der Waals surface area contributed by atoms with E-state index in [1.165, 1.54) is 30.9 Å². The molecular weight excluding hydrogens is 1090 g/mol. The monoisotopic (exact) mass is 1140 g/mol. The van der Waals surface area contributed by atoms with Crippen LogP contribution in [0.25, 0.3) is 153 Å². The second kappa shape index (κ2) is 21.3. The zero-order valence-electron chi connectivity index (χ0n) is 47.6. The van der Waals surface area contributed by atoms with Crippen LogP contribution < -0.4 is 0 Å². The molecule has 6 nitrogen and oxygen atoms in total. The molecule has 0 bridgehead atoms. The first kappa shape index (κ1) is 51.1. The minimum absolute atomic E-state index is 0.138. The second-order valence-corrected chi connectivity index (χ2v) is 23.8. The molecule has 9 aromatic carbocycles. The van der Waals surface area contributed by atoms with Crippen molar-refractivity contribution in [3.05, 3.63) is 316 Å². The van der Waals surface area contributed by atoms with Gasteiger partial charge in [-0.2, -0.15) is 0 Å². The summed E-state index contributed by atoms with van der Waals surface area (Å²) in [5.74, 6) is 0.138. The number of allylic oxidation sites excluding steroid dienone is 6. The van der Waals surface area contributed by atoms with Crippen LogP contribution in [-0.2, 0) is 0 Å². The number of fused-ring (bicyclic) bond motifs is 9. The minimum atomic E-state index is 0.138. The van der Waals surface area contributed by atoms with E-state index in [1.807, 2.05) is 60.9 Å². The summed E-state index contributed by atoms with van der Waals surface area (Å²) in [5.41, 5.74) is 23.3. The Morgan fingerprint density at radius 2 is 0.580 bits per heavy atom. The van der Waals surface area contributed by atoms with Crippen molar-refractivity contribution in [3.8, 4) is 89.3 Å². The average molecular weight is 1140 g/mol. The Balaban J connectivity index is 0.817. The van der Waals surface area contributed by atoms with Crippen molar-refractivity contribution < 1.29 is 0 Å². The quantitative estimate of drug-likeness (QED) is 0.137. The molecule has 0 unspecified atom stereocenters. The molecule has 0 fully saturated rings. The Labute approximate surface area is 512 Å². The molecule has 0 amide bonds. The van der Waals surface area contributed by atoms with Crippen molar-refractivity contribution in [1.82, 2.24) is 29.1 Å². The third-order valence-corrected chi connectivity index (χ3v) is 18.6. The van der Waals surface area contributed by atoms with E-state index in [9.17, 15) is 0 Å². The van der Waals surface area contributed by atoms with Crippen molar-refractivity contribution in [3.63, 3.8) is 0 Å². The number of aromatic nitrogens is 6. The van der Waals surface area contributed by atoms with Gasteiger partial charge in [0.25, 0.3) is 0 Å². The molecule has 16 aromatic rings. The SMILES string of the molecule is C1=CC=CC(c2cncc(-c3ccc4c(c3)c3cc(-c5cncc(-c6ccccc6)c5)ccc3n4-c3ccc4sc5ccc(-n6c7ccc(-c8cncc(-c9ccccc9)c8)cc7c7cc(-c8cncc(-c9ccccc9)c8)ccc76)cc5c4c3)c2)C=C1. The number of benzene rings is 9. The number of rotatable bonds is 10. The maximum absolute atomic E-state index is 4.80. The predicted octanol–water partition coefficient (Wildman–Crippen LogP) is 21.3. The first-order chi connectivity index (χ1) is 43.6. The van der Waals surface area contributed by atoms with E-state index >= 15 is 0 Å². The van der Waals surface area contributed by atoms with E-state index < -0.39 is 0 Å². The first-order valence-corrected chi connectivity index (χ1v) is 30.5. The topological polar surface area (TPSA) is 61.4 Å².